The predicted octanol–water partition coefficient (Wildman–Crippen LogP) is -1.22. The summed E-state index contributed by atoms with van der Waals surface area (Å²) in [4.78, 5) is 34.2. The van der Waals surface area contributed by atoms with Crippen LogP contribution >= 0.6 is 0 Å². The zero-order valence-electron chi connectivity index (χ0n) is 12.6. The zero-order valence-corrected chi connectivity index (χ0v) is 12.6. The number of nitrogens with two attached hydrogens (primary N) is 2. The van der Waals surface area contributed by atoms with E-state index in [4.69, 9.17) is 16.6 Å². The molecule has 0 bridgehead atoms. The van der Waals surface area contributed by atoms with Gasteiger partial charge in [-0.05, 0) is 25.3 Å². The third-order valence-electron chi connectivity index (χ3n) is 2.97. The fourth-order valence-electron chi connectivity index (χ4n) is 1.71. The van der Waals surface area contributed by atoms with Crippen molar-refractivity contribution in [2.24, 2.45) is 17.4 Å². The van der Waals surface area contributed by atoms with E-state index >= 15 is 0 Å². The fourth-order valence-corrected chi connectivity index (χ4v) is 1.71. The standard InChI is InChI=1S/C13H26N4O4/c1-8(2)11(13(21)16-7-10(18)19)17-12(20)9(15)5-3-4-6-14/h8-9,11H,3-7,14-15H2,1-2H3,(H,16,21)(H,17,20)(H,18,19)/t9-,11-/m0/s1. The van der Waals surface area contributed by atoms with Gasteiger partial charge in [0, 0.05) is 0 Å². The first-order valence-electron chi connectivity index (χ1n) is 7.05. The molecule has 0 saturated heterocycles. The smallest absolute Gasteiger partial charge is 0.322 e. The molecule has 2 atom stereocenters. The summed E-state index contributed by atoms with van der Waals surface area (Å²) in [5.41, 5.74) is 11.1. The second-order valence-corrected chi connectivity index (χ2v) is 5.23. The van der Waals surface area contributed by atoms with Crippen molar-refractivity contribution in [3.05, 3.63) is 0 Å². The van der Waals surface area contributed by atoms with Crippen LogP contribution in [0.5, 0.6) is 0 Å². The highest BCUT2D eigenvalue weighted by Crippen LogP contribution is 2.04. The third kappa shape index (κ3) is 8.26. The fraction of sp³-hybridized carbons (Fsp3) is 0.769. The van der Waals surface area contributed by atoms with Crippen LogP contribution in [0.15, 0.2) is 0 Å². The largest absolute Gasteiger partial charge is 0.480 e. The van der Waals surface area contributed by atoms with Crippen molar-refractivity contribution >= 4 is 17.8 Å². The summed E-state index contributed by atoms with van der Waals surface area (Å²) < 4.78 is 0. The number of nitrogens with one attached hydrogen (secondary N) is 2. The van der Waals surface area contributed by atoms with Crippen molar-refractivity contribution in [1.82, 2.24) is 10.6 Å². The number of unbranched alkanes of at least 4 members (excludes halogenated alkanes) is 1. The molecule has 7 N–H and O–H groups in total. The van der Waals surface area contributed by atoms with E-state index < -0.39 is 36.4 Å². The molecule has 0 aromatic rings. The predicted molar refractivity (Wildman–Crippen MR) is 78.3 cm³/mol. The molecule has 0 aliphatic heterocycles. The number of carboxylic acids is 1. The lowest BCUT2D eigenvalue weighted by Gasteiger charge is -2.23. The maximum Gasteiger partial charge on any atom is 0.322 e. The molecule has 0 heterocycles. The van der Waals surface area contributed by atoms with E-state index in [1.54, 1.807) is 13.8 Å². The number of carbonyl (C=O) groups excluding carboxylic acids is 2. The highest BCUT2D eigenvalue weighted by atomic mass is 16.4. The molecule has 2 amide bonds. The molecular formula is C13H26N4O4. The molecule has 0 saturated carbocycles. The van der Waals surface area contributed by atoms with E-state index in [2.05, 4.69) is 10.6 Å². The van der Waals surface area contributed by atoms with Crippen molar-refractivity contribution in [2.45, 2.75) is 45.2 Å². The number of carbonyl (C=O) groups is 3. The molecule has 0 unspecified atom stereocenters. The monoisotopic (exact) mass is 302 g/mol. The normalized spacial score (nSPS) is 13.6. The molecular weight excluding hydrogens is 276 g/mol. The second-order valence-electron chi connectivity index (χ2n) is 5.23. The molecule has 0 aliphatic carbocycles. The number of rotatable bonds is 10. The molecule has 0 aromatic heterocycles. The number of carboxylic acid groups (broad SMARTS) is 1. The van der Waals surface area contributed by atoms with Gasteiger partial charge in [-0.25, -0.2) is 0 Å². The summed E-state index contributed by atoms with van der Waals surface area (Å²) in [5.74, 6) is -2.28. The van der Waals surface area contributed by atoms with Gasteiger partial charge in [0.05, 0.1) is 6.04 Å². The lowest BCUT2D eigenvalue weighted by atomic mass is 10.0. The van der Waals surface area contributed by atoms with Gasteiger partial charge in [-0.2, -0.15) is 0 Å². The molecule has 0 radical (unpaired) electrons. The van der Waals surface area contributed by atoms with Crippen LogP contribution in [-0.4, -0.2) is 48.1 Å². The maximum absolute atomic E-state index is 11.9. The molecule has 0 aliphatic rings. The first kappa shape index (κ1) is 19.3. The van der Waals surface area contributed by atoms with Gasteiger partial charge >= 0.3 is 5.97 Å². The number of hydrogen-bond donors (Lipinski definition) is 5. The molecule has 0 spiro atoms. The number of amides is 2. The van der Waals surface area contributed by atoms with Crippen LogP contribution in [0.4, 0.5) is 0 Å². The SMILES string of the molecule is CC(C)[C@H](NC(=O)[C@@H](N)CCCCN)C(=O)NCC(=O)O. The molecule has 122 valence electrons. The van der Waals surface area contributed by atoms with E-state index in [0.717, 1.165) is 12.8 Å². The van der Waals surface area contributed by atoms with Crippen LogP contribution in [0.1, 0.15) is 33.1 Å². The van der Waals surface area contributed by atoms with Gasteiger partial charge in [-0.15, -0.1) is 0 Å². The summed E-state index contributed by atoms with van der Waals surface area (Å²) in [6, 6.07) is -1.51. The van der Waals surface area contributed by atoms with Crippen molar-refractivity contribution in [3.63, 3.8) is 0 Å². The Bertz CT molecular complexity index is 360. The van der Waals surface area contributed by atoms with Crippen LogP contribution in [0.3, 0.4) is 0 Å². The van der Waals surface area contributed by atoms with E-state index in [1.165, 1.54) is 0 Å². The van der Waals surface area contributed by atoms with Gasteiger partial charge in [-0.3, -0.25) is 14.4 Å². The molecule has 8 heteroatoms. The summed E-state index contributed by atoms with van der Waals surface area (Å²) in [5, 5.41) is 13.4. The van der Waals surface area contributed by atoms with Gasteiger partial charge < -0.3 is 27.2 Å². The summed E-state index contributed by atoms with van der Waals surface area (Å²) >= 11 is 0. The molecule has 8 nitrogen and oxygen atoms in total. The van der Waals surface area contributed by atoms with Crippen molar-refractivity contribution in [1.29, 1.82) is 0 Å². The average Bonchev–Trinajstić information content (AvgIpc) is 2.41. The first-order valence-corrected chi connectivity index (χ1v) is 7.05. The highest BCUT2D eigenvalue weighted by molar-refractivity contribution is 5.91. The Hall–Kier alpha value is -1.67. The first-order chi connectivity index (χ1) is 9.79. The van der Waals surface area contributed by atoms with Crippen LogP contribution < -0.4 is 22.1 Å². The van der Waals surface area contributed by atoms with E-state index in [-0.39, 0.29) is 5.92 Å². The van der Waals surface area contributed by atoms with E-state index in [9.17, 15) is 14.4 Å². The van der Waals surface area contributed by atoms with Gasteiger partial charge in [0.15, 0.2) is 0 Å². The topological polar surface area (TPSA) is 148 Å². The molecule has 0 rings (SSSR count). The Morgan fingerprint density at radius 3 is 2.24 bits per heavy atom. The Morgan fingerprint density at radius 1 is 1.14 bits per heavy atom. The Labute approximate surface area is 124 Å². The second kappa shape index (κ2) is 10.1. The van der Waals surface area contributed by atoms with Crippen LogP contribution in [0.2, 0.25) is 0 Å². The van der Waals surface area contributed by atoms with Gasteiger partial charge in [0.2, 0.25) is 11.8 Å². The number of hydrogen-bond acceptors (Lipinski definition) is 5. The molecule has 21 heavy (non-hydrogen) atoms. The Kier molecular flexibility index (Phi) is 9.31. The third-order valence-corrected chi connectivity index (χ3v) is 2.97. The lowest BCUT2D eigenvalue weighted by Crippen LogP contribution is -2.54. The Morgan fingerprint density at radius 2 is 1.76 bits per heavy atom. The summed E-state index contributed by atoms with van der Waals surface area (Å²) in [7, 11) is 0. The minimum atomic E-state index is -1.14. The van der Waals surface area contributed by atoms with Crippen molar-refractivity contribution < 1.29 is 19.5 Å². The van der Waals surface area contributed by atoms with Crippen LogP contribution in [0, 0.1) is 5.92 Å². The quantitative estimate of drug-likeness (QED) is 0.320. The number of aliphatic carboxylic acids is 1. The van der Waals surface area contributed by atoms with Crippen molar-refractivity contribution in [2.75, 3.05) is 13.1 Å². The van der Waals surface area contributed by atoms with Gasteiger partial charge in [0.25, 0.3) is 0 Å². The Balaban J connectivity index is 4.44. The molecule has 0 fully saturated rings. The van der Waals surface area contributed by atoms with E-state index in [1.807, 2.05) is 0 Å². The van der Waals surface area contributed by atoms with Crippen LogP contribution in [-0.2, 0) is 14.4 Å². The highest BCUT2D eigenvalue weighted by Gasteiger charge is 2.26. The minimum Gasteiger partial charge on any atom is -0.480 e. The summed E-state index contributed by atoms with van der Waals surface area (Å²) in [6.45, 7) is 3.57. The average molecular weight is 302 g/mol. The van der Waals surface area contributed by atoms with Gasteiger partial charge in [0.1, 0.15) is 12.6 Å². The summed E-state index contributed by atoms with van der Waals surface area (Å²) in [6.07, 6.45) is 2.01. The minimum absolute atomic E-state index is 0.181. The van der Waals surface area contributed by atoms with Gasteiger partial charge in [-0.1, -0.05) is 20.3 Å². The van der Waals surface area contributed by atoms with E-state index in [0.29, 0.717) is 13.0 Å². The molecule has 0 aromatic carbocycles. The lowest BCUT2D eigenvalue weighted by molar-refractivity contribution is -0.138. The zero-order chi connectivity index (χ0) is 16.4. The maximum atomic E-state index is 11.9. The van der Waals surface area contributed by atoms with Crippen molar-refractivity contribution in [3.8, 4) is 0 Å². The van der Waals surface area contributed by atoms with Crippen LogP contribution in [0.25, 0.3) is 0 Å².